The van der Waals surface area contributed by atoms with Gasteiger partial charge in [0.2, 0.25) is 0 Å². The van der Waals surface area contributed by atoms with Crippen LogP contribution in [0.1, 0.15) is 41.0 Å². The minimum atomic E-state index is -0.405. The number of likely N-dealkylation sites (N-methyl/N-ethyl adjacent to an activating group) is 2. The van der Waals surface area contributed by atoms with Gasteiger partial charge in [0.25, 0.3) is 0 Å². The monoisotopic (exact) mass is 314 g/mol. The molecule has 0 aromatic rings. The summed E-state index contributed by atoms with van der Waals surface area (Å²) in [4.78, 5) is 12.4. The summed E-state index contributed by atoms with van der Waals surface area (Å²) in [5, 5.41) is 0. The SMILES string of the molecule is CC(C)(C)CC(C)(C)C(=O)OCC[N+]1(C)CC[N+](C)(C)CC1. The maximum atomic E-state index is 12.4. The van der Waals surface area contributed by atoms with Gasteiger partial charge in [-0.05, 0) is 25.7 Å². The van der Waals surface area contributed by atoms with Gasteiger partial charge in [0.15, 0.2) is 0 Å². The van der Waals surface area contributed by atoms with E-state index in [9.17, 15) is 4.79 Å². The van der Waals surface area contributed by atoms with E-state index >= 15 is 0 Å². The van der Waals surface area contributed by atoms with Crippen LogP contribution in [0.4, 0.5) is 0 Å². The molecule has 0 aromatic carbocycles. The number of quaternary nitrogens is 2. The number of piperazine rings is 1. The first-order valence-electron chi connectivity index (χ1n) is 8.58. The van der Waals surface area contributed by atoms with Gasteiger partial charge >= 0.3 is 5.97 Å². The summed E-state index contributed by atoms with van der Waals surface area (Å²) in [6, 6.07) is 0. The molecule has 0 unspecified atom stereocenters. The molecule has 130 valence electrons. The van der Waals surface area contributed by atoms with Crippen molar-refractivity contribution in [2.45, 2.75) is 41.0 Å². The fourth-order valence-electron chi connectivity index (χ4n) is 3.42. The molecule has 0 aliphatic carbocycles. The smallest absolute Gasteiger partial charge is 0.311 e. The van der Waals surface area contributed by atoms with Crippen LogP contribution in [0.5, 0.6) is 0 Å². The Hall–Kier alpha value is -0.610. The van der Waals surface area contributed by atoms with Crippen LogP contribution in [0.3, 0.4) is 0 Å². The topological polar surface area (TPSA) is 26.3 Å². The van der Waals surface area contributed by atoms with Gasteiger partial charge in [-0.1, -0.05) is 20.8 Å². The van der Waals surface area contributed by atoms with Gasteiger partial charge in [-0.15, -0.1) is 0 Å². The lowest BCUT2D eigenvalue weighted by atomic mass is 9.76. The normalized spacial score (nSPS) is 21.5. The number of rotatable bonds is 5. The maximum absolute atomic E-state index is 12.4. The van der Waals surface area contributed by atoms with E-state index in [1.54, 1.807) is 0 Å². The van der Waals surface area contributed by atoms with E-state index in [1.165, 1.54) is 13.1 Å². The number of carbonyl (C=O) groups is 1. The van der Waals surface area contributed by atoms with Crippen molar-refractivity contribution in [3.8, 4) is 0 Å². The molecule has 4 heteroatoms. The van der Waals surface area contributed by atoms with Crippen molar-refractivity contribution in [1.82, 2.24) is 0 Å². The van der Waals surface area contributed by atoms with E-state index in [2.05, 4.69) is 41.9 Å². The minimum absolute atomic E-state index is 0.0536. The molecule has 0 atom stereocenters. The van der Waals surface area contributed by atoms with Crippen molar-refractivity contribution in [3.63, 3.8) is 0 Å². The zero-order valence-corrected chi connectivity index (χ0v) is 16.2. The Morgan fingerprint density at radius 1 is 0.955 bits per heavy atom. The third kappa shape index (κ3) is 6.25. The average Bonchev–Trinajstić information content (AvgIpc) is 2.31. The number of ether oxygens (including phenoxy) is 1. The molecule has 1 saturated heterocycles. The number of esters is 1. The third-order valence-electron chi connectivity index (χ3n) is 4.88. The Morgan fingerprint density at radius 2 is 1.45 bits per heavy atom. The molecule has 0 N–H and O–H groups in total. The van der Waals surface area contributed by atoms with Crippen LogP contribution in [0.2, 0.25) is 0 Å². The lowest BCUT2D eigenvalue weighted by Gasteiger charge is -2.44. The third-order valence-corrected chi connectivity index (χ3v) is 4.88. The summed E-state index contributed by atoms with van der Waals surface area (Å²) in [7, 11) is 6.87. The van der Waals surface area contributed by atoms with Gasteiger partial charge in [-0.3, -0.25) is 4.79 Å². The van der Waals surface area contributed by atoms with E-state index < -0.39 is 5.41 Å². The molecule has 1 heterocycles. The number of carbonyl (C=O) groups excluding carboxylic acids is 1. The second-order valence-corrected chi connectivity index (χ2v) is 9.93. The van der Waals surface area contributed by atoms with Crippen LogP contribution in [0.25, 0.3) is 0 Å². The minimum Gasteiger partial charge on any atom is -0.459 e. The van der Waals surface area contributed by atoms with E-state index in [0.717, 1.165) is 35.0 Å². The summed E-state index contributed by atoms with van der Waals surface area (Å²) in [5.74, 6) is -0.0536. The lowest BCUT2D eigenvalue weighted by molar-refractivity contribution is -1.01. The molecule has 1 aliphatic heterocycles. The molecule has 22 heavy (non-hydrogen) atoms. The molecule has 0 spiro atoms. The van der Waals surface area contributed by atoms with Crippen LogP contribution in [-0.2, 0) is 9.53 Å². The van der Waals surface area contributed by atoms with E-state index in [1.807, 2.05) is 13.8 Å². The summed E-state index contributed by atoms with van der Waals surface area (Å²) < 4.78 is 7.74. The molecule has 0 radical (unpaired) electrons. The molecule has 0 amide bonds. The van der Waals surface area contributed by atoms with Gasteiger partial charge in [-0.2, -0.15) is 0 Å². The lowest BCUT2D eigenvalue weighted by Crippen LogP contribution is -2.63. The van der Waals surface area contributed by atoms with Crippen molar-refractivity contribution in [2.24, 2.45) is 10.8 Å². The fraction of sp³-hybridized carbons (Fsp3) is 0.944. The molecule has 0 bridgehead atoms. The molecule has 0 aromatic heterocycles. The first-order valence-corrected chi connectivity index (χ1v) is 8.58. The van der Waals surface area contributed by atoms with Crippen molar-refractivity contribution < 1.29 is 18.5 Å². The molecule has 1 aliphatic rings. The molecule has 0 saturated carbocycles. The van der Waals surface area contributed by atoms with Gasteiger partial charge in [0.1, 0.15) is 39.3 Å². The standard InChI is InChI=1S/C18H38N2O2/c1-17(2,3)15-18(4,5)16(21)22-14-13-20(8)11-9-19(6,7)10-12-20/h9-15H2,1-8H3/q+2. The van der Waals surface area contributed by atoms with E-state index in [0.29, 0.717) is 6.61 Å². The van der Waals surface area contributed by atoms with Crippen LogP contribution < -0.4 is 0 Å². The Balaban J connectivity index is 2.42. The van der Waals surface area contributed by atoms with E-state index in [4.69, 9.17) is 4.74 Å². The molecule has 4 nitrogen and oxygen atoms in total. The predicted octanol–water partition coefficient (Wildman–Crippen LogP) is 2.53. The number of nitrogens with zero attached hydrogens (tertiary/aromatic N) is 2. The quantitative estimate of drug-likeness (QED) is 0.576. The number of hydrogen-bond donors (Lipinski definition) is 0. The first kappa shape index (κ1) is 19.4. The van der Waals surface area contributed by atoms with Crippen LogP contribution in [0.15, 0.2) is 0 Å². The highest BCUT2D eigenvalue weighted by Crippen LogP contribution is 2.34. The summed E-state index contributed by atoms with van der Waals surface area (Å²) in [6.45, 7) is 16.7. The van der Waals surface area contributed by atoms with Crippen molar-refractivity contribution in [1.29, 1.82) is 0 Å². The second-order valence-electron chi connectivity index (χ2n) is 9.93. The van der Waals surface area contributed by atoms with Crippen molar-refractivity contribution in [3.05, 3.63) is 0 Å². The van der Waals surface area contributed by atoms with Gasteiger partial charge in [0, 0.05) is 0 Å². The molecule has 1 rings (SSSR count). The predicted molar refractivity (Wildman–Crippen MR) is 91.4 cm³/mol. The highest BCUT2D eigenvalue weighted by Gasteiger charge is 2.36. The Morgan fingerprint density at radius 3 is 1.91 bits per heavy atom. The van der Waals surface area contributed by atoms with E-state index in [-0.39, 0.29) is 11.4 Å². The Labute approximate surface area is 137 Å². The Kier molecular flexibility index (Phi) is 5.73. The maximum Gasteiger partial charge on any atom is 0.311 e. The first-order chi connectivity index (χ1) is 9.75. The summed E-state index contributed by atoms with van der Waals surface area (Å²) >= 11 is 0. The summed E-state index contributed by atoms with van der Waals surface area (Å²) in [5.41, 5.74) is -0.269. The number of hydrogen-bond acceptors (Lipinski definition) is 2. The van der Waals surface area contributed by atoms with Crippen LogP contribution in [-0.4, -0.2) is 75.4 Å². The molecule has 1 fully saturated rings. The highest BCUT2D eigenvalue weighted by atomic mass is 16.5. The molecular weight excluding hydrogens is 276 g/mol. The molecular formula is C18H38N2O2+2. The van der Waals surface area contributed by atoms with Gasteiger partial charge in [0.05, 0.1) is 26.6 Å². The second kappa shape index (κ2) is 6.48. The van der Waals surface area contributed by atoms with Crippen molar-refractivity contribution >= 4 is 5.97 Å². The van der Waals surface area contributed by atoms with Gasteiger partial charge < -0.3 is 13.7 Å². The van der Waals surface area contributed by atoms with Crippen molar-refractivity contribution in [2.75, 3.05) is 60.5 Å². The summed E-state index contributed by atoms with van der Waals surface area (Å²) in [6.07, 6.45) is 0.844. The van der Waals surface area contributed by atoms with Crippen LogP contribution in [0, 0.1) is 10.8 Å². The average molecular weight is 315 g/mol. The largest absolute Gasteiger partial charge is 0.459 e. The van der Waals surface area contributed by atoms with Crippen LogP contribution >= 0.6 is 0 Å². The zero-order valence-electron chi connectivity index (χ0n) is 16.2. The zero-order chi connectivity index (χ0) is 17.2. The fourth-order valence-corrected chi connectivity index (χ4v) is 3.42. The van der Waals surface area contributed by atoms with Gasteiger partial charge in [-0.25, -0.2) is 0 Å². The highest BCUT2D eigenvalue weighted by molar-refractivity contribution is 5.75. The Bertz CT molecular complexity index is 384.